The Morgan fingerprint density at radius 3 is 1.77 bits per heavy atom. The fraction of sp³-hybridized carbons (Fsp3) is 0.312. The summed E-state index contributed by atoms with van der Waals surface area (Å²) in [5, 5.41) is 0. The highest BCUT2D eigenvalue weighted by atomic mass is 16.5. The van der Waals surface area contributed by atoms with E-state index in [-0.39, 0.29) is 5.78 Å². The standard InChI is InChI=1S/C9H12N2O.C7H8N2O/c1-4-12-7(2)9-5-10-8(3)11-6-9;1-5(10)7-3-8-6(2)9-4-7/h5-6H,2,4H2,1,3H3;3-4H,1-2H3. The first-order valence-corrected chi connectivity index (χ1v) is 6.84. The van der Waals surface area contributed by atoms with E-state index < -0.39 is 0 Å². The molecule has 0 aliphatic heterocycles. The molecule has 0 bridgehead atoms. The highest BCUT2D eigenvalue weighted by Crippen LogP contribution is 2.10. The van der Waals surface area contributed by atoms with Crippen LogP contribution in [0.5, 0.6) is 0 Å². The van der Waals surface area contributed by atoms with Gasteiger partial charge >= 0.3 is 0 Å². The SMILES string of the molecule is C=C(OCC)c1cnc(C)nc1.CC(=O)c1cnc(C)nc1. The molecular weight excluding hydrogens is 280 g/mol. The van der Waals surface area contributed by atoms with E-state index in [0.717, 1.165) is 11.4 Å². The van der Waals surface area contributed by atoms with Gasteiger partial charge in [-0.3, -0.25) is 4.79 Å². The lowest BCUT2D eigenvalue weighted by atomic mass is 10.2. The van der Waals surface area contributed by atoms with E-state index in [4.69, 9.17) is 4.74 Å². The maximum Gasteiger partial charge on any atom is 0.162 e. The fourth-order valence-electron chi connectivity index (χ4n) is 1.37. The first-order valence-electron chi connectivity index (χ1n) is 6.84. The predicted molar refractivity (Wildman–Crippen MR) is 84.2 cm³/mol. The molecule has 0 aliphatic rings. The molecule has 2 aromatic rings. The molecule has 2 heterocycles. The minimum atomic E-state index is 0.000000000000000444. The molecule has 116 valence electrons. The summed E-state index contributed by atoms with van der Waals surface area (Å²) in [4.78, 5) is 26.5. The van der Waals surface area contributed by atoms with Crippen molar-refractivity contribution in [1.29, 1.82) is 0 Å². The highest BCUT2D eigenvalue weighted by Gasteiger charge is 1.99. The minimum Gasteiger partial charge on any atom is -0.494 e. The van der Waals surface area contributed by atoms with Crippen molar-refractivity contribution >= 4 is 11.5 Å². The first-order chi connectivity index (χ1) is 10.4. The van der Waals surface area contributed by atoms with Crippen LogP contribution >= 0.6 is 0 Å². The number of nitrogens with zero attached hydrogens (tertiary/aromatic N) is 4. The Labute approximate surface area is 130 Å². The third-order valence-corrected chi connectivity index (χ3v) is 2.61. The summed E-state index contributed by atoms with van der Waals surface area (Å²) in [6, 6.07) is 0. The summed E-state index contributed by atoms with van der Waals surface area (Å²) in [5.41, 5.74) is 1.40. The van der Waals surface area contributed by atoms with Gasteiger partial charge in [0.25, 0.3) is 0 Å². The molecule has 22 heavy (non-hydrogen) atoms. The molecule has 2 aromatic heterocycles. The smallest absolute Gasteiger partial charge is 0.162 e. The summed E-state index contributed by atoms with van der Waals surface area (Å²) < 4.78 is 5.19. The number of Topliss-reactive ketones (excluding diaryl/α,β-unsaturated/α-hetero) is 1. The number of hydrogen-bond donors (Lipinski definition) is 0. The molecule has 0 N–H and O–H groups in total. The topological polar surface area (TPSA) is 77.9 Å². The van der Waals surface area contributed by atoms with Crippen LogP contribution in [0.15, 0.2) is 31.4 Å². The Balaban J connectivity index is 0.000000224. The second kappa shape index (κ2) is 8.61. The van der Waals surface area contributed by atoms with Crippen molar-refractivity contribution in [2.45, 2.75) is 27.7 Å². The summed E-state index contributed by atoms with van der Waals surface area (Å²) in [6.07, 6.45) is 6.48. The van der Waals surface area contributed by atoms with Gasteiger partial charge in [0.15, 0.2) is 5.78 Å². The first kappa shape index (κ1) is 17.4. The highest BCUT2D eigenvalue weighted by molar-refractivity contribution is 5.93. The van der Waals surface area contributed by atoms with Crippen molar-refractivity contribution in [3.8, 4) is 0 Å². The van der Waals surface area contributed by atoms with Crippen molar-refractivity contribution in [1.82, 2.24) is 19.9 Å². The molecule has 0 saturated heterocycles. The molecule has 6 heteroatoms. The number of aromatic nitrogens is 4. The quantitative estimate of drug-likeness (QED) is 0.638. The molecule has 6 nitrogen and oxygen atoms in total. The maximum absolute atomic E-state index is 10.7. The predicted octanol–water partition coefficient (Wildman–Crippen LogP) is 2.78. The van der Waals surface area contributed by atoms with Crippen LogP contribution in [0.3, 0.4) is 0 Å². The van der Waals surface area contributed by atoms with Crippen molar-refractivity contribution in [3.63, 3.8) is 0 Å². The van der Waals surface area contributed by atoms with Crippen LogP contribution in [-0.4, -0.2) is 32.3 Å². The minimum absolute atomic E-state index is 0.000000000000000444. The fourth-order valence-corrected chi connectivity index (χ4v) is 1.37. The lowest BCUT2D eigenvalue weighted by Crippen LogP contribution is -1.95. The van der Waals surface area contributed by atoms with E-state index in [1.54, 1.807) is 19.3 Å². The van der Waals surface area contributed by atoms with Crippen LogP contribution in [0.2, 0.25) is 0 Å². The van der Waals surface area contributed by atoms with E-state index in [2.05, 4.69) is 26.5 Å². The Morgan fingerprint density at radius 1 is 1.00 bits per heavy atom. The van der Waals surface area contributed by atoms with E-state index >= 15 is 0 Å². The summed E-state index contributed by atoms with van der Waals surface area (Å²) >= 11 is 0. The van der Waals surface area contributed by atoms with Crippen LogP contribution in [0, 0.1) is 13.8 Å². The molecule has 0 amide bonds. The van der Waals surface area contributed by atoms with Crippen LogP contribution in [0.1, 0.15) is 41.4 Å². The second-order valence-corrected chi connectivity index (χ2v) is 4.45. The lowest BCUT2D eigenvalue weighted by Gasteiger charge is -2.05. The normalized spacial score (nSPS) is 9.45. The number of carbonyl (C=O) groups is 1. The lowest BCUT2D eigenvalue weighted by molar-refractivity contribution is 0.101. The van der Waals surface area contributed by atoms with Crippen molar-refractivity contribution in [2.75, 3.05) is 6.61 Å². The van der Waals surface area contributed by atoms with E-state index in [1.165, 1.54) is 19.3 Å². The van der Waals surface area contributed by atoms with Crippen LogP contribution in [0.25, 0.3) is 5.76 Å². The van der Waals surface area contributed by atoms with Gasteiger partial charge in [-0.05, 0) is 27.7 Å². The zero-order valence-corrected chi connectivity index (χ0v) is 13.3. The molecular formula is C16H20N4O2. The van der Waals surface area contributed by atoms with Gasteiger partial charge in [-0.15, -0.1) is 0 Å². The van der Waals surface area contributed by atoms with Crippen molar-refractivity contribution in [3.05, 3.63) is 54.1 Å². The van der Waals surface area contributed by atoms with Crippen LogP contribution in [-0.2, 0) is 4.74 Å². The van der Waals surface area contributed by atoms with Gasteiger partial charge in [0.1, 0.15) is 17.4 Å². The number of carbonyl (C=O) groups excluding carboxylic acids is 1. The van der Waals surface area contributed by atoms with Gasteiger partial charge in [0.05, 0.1) is 17.7 Å². The van der Waals surface area contributed by atoms with Crippen LogP contribution < -0.4 is 0 Å². The maximum atomic E-state index is 10.7. The third-order valence-electron chi connectivity index (χ3n) is 2.61. The number of aryl methyl sites for hydroxylation is 2. The Kier molecular flexibility index (Phi) is 6.82. The number of rotatable bonds is 4. The Bertz CT molecular complexity index is 622. The molecule has 0 unspecified atom stereocenters. The molecule has 2 rings (SSSR count). The summed E-state index contributed by atoms with van der Waals surface area (Å²) in [7, 11) is 0. The van der Waals surface area contributed by atoms with E-state index in [1.807, 2.05) is 13.8 Å². The largest absolute Gasteiger partial charge is 0.494 e. The Morgan fingerprint density at radius 2 is 1.41 bits per heavy atom. The van der Waals surface area contributed by atoms with Gasteiger partial charge in [-0.25, -0.2) is 19.9 Å². The average Bonchev–Trinajstić information content (AvgIpc) is 2.49. The average molecular weight is 300 g/mol. The zero-order valence-electron chi connectivity index (χ0n) is 13.3. The van der Waals surface area contributed by atoms with Gasteiger partial charge in [0, 0.05) is 24.8 Å². The molecule has 0 atom stereocenters. The summed E-state index contributed by atoms with van der Waals surface area (Å²) in [6.45, 7) is 11.4. The second-order valence-electron chi connectivity index (χ2n) is 4.45. The molecule has 0 spiro atoms. The van der Waals surface area contributed by atoms with E-state index in [0.29, 0.717) is 23.8 Å². The number of ketones is 1. The van der Waals surface area contributed by atoms with Gasteiger partial charge in [-0.2, -0.15) is 0 Å². The molecule has 0 fully saturated rings. The van der Waals surface area contributed by atoms with Gasteiger partial charge in [-0.1, -0.05) is 6.58 Å². The number of hydrogen-bond acceptors (Lipinski definition) is 6. The molecule has 0 aliphatic carbocycles. The van der Waals surface area contributed by atoms with Gasteiger partial charge < -0.3 is 4.74 Å². The van der Waals surface area contributed by atoms with Gasteiger partial charge in [0.2, 0.25) is 0 Å². The van der Waals surface area contributed by atoms with E-state index in [9.17, 15) is 4.79 Å². The number of ether oxygens (including phenoxy) is 1. The third kappa shape index (κ3) is 5.78. The van der Waals surface area contributed by atoms with Crippen molar-refractivity contribution in [2.24, 2.45) is 0 Å². The molecule has 0 radical (unpaired) electrons. The monoisotopic (exact) mass is 300 g/mol. The molecule has 0 saturated carbocycles. The molecule has 0 aromatic carbocycles. The Hall–Kier alpha value is -2.63. The summed E-state index contributed by atoms with van der Waals surface area (Å²) in [5.74, 6) is 2.06. The van der Waals surface area contributed by atoms with Crippen LogP contribution in [0.4, 0.5) is 0 Å². The zero-order chi connectivity index (χ0) is 16.5. The van der Waals surface area contributed by atoms with Crippen molar-refractivity contribution < 1.29 is 9.53 Å².